The third-order valence-electron chi connectivity index (χ3n) is 2.01. The predicted molar refractivity (Wildman–Crippen MR) is 69.2 cm³/mol. The molecule has 0 bridgehead atoms. The van der Waals surface area contributed by atoms with Gasteiger partial charge >= 0.3 is 0 Å². The van der Waals surface area contributed by atoms with Crippen LogP contribution >= 0.6 is 0 Å². The summed E-state index contributed by atoms with van der Waals surface area (Å²) >= 11 is 0. The average Bonchev–Trinajstić information content (AvgIpc) is 2.25. The molecule has 90 valence electrons. The van der Waals surface area contributed by atoms with Crippen LogP contribution in [0.4, 0.5) is 5.69 Å². The molecule has 0 radical (unpaired) electrons. The van der Waals surface area contributed by atoms with Crippen LogP contribution in [0.5, 0.6) is 0 Å². The summed E-state index contributed by atoms with van der Waals surface area (Å²) in [4.78, 5) is 10.3. The van der Waals surface area contributed by atoms with Gasteiger partial charge in [0.05, 0.1) is 10.5 Å². The molecule has 0 heterocycles. The van der Waals surface area contributed by atoms with Gasteiger partial charge in [-0.3, -0.25) is 10.1 Å². The Morgan fingerprint density at radius 1 is 1.35 bits per heavy atom. The fraction of sp³-hybridized carbons (Fsp3) is 0.333. The number of aliphatic hydroxyl groups is 1. The van der Waals surface area contributed by atoms with Crippen molar-refractivity contribution in [3.63, 3.8) is 0 Å². The van der Waals surface area contributed by atoms with E-state index in [9.17, 15) is 15.2 Å². The zero-order valence-electron chi connectivity index (χ0n) is 10.1. The smallest absolute Gasteiger partial charge is 0.276 e. The van der Waals surface area contributed by atoms with E-state index in [-0.39, 0.29) is 11.3 Å². The molecule has 0 aliphatic carbocycles. The number of hydrogen-bond acceptors (Lipinski definition) is 3. The number of rotatable bonds is 2. The van der Waals surface area contributed by atoms with E-state index >= 15 is 0 Å². The maximum atomic E-state index is 10.8. The number of nitro groups is 1. The first-order chi connectivity index (χ1) is 7.81. The lowest BCUT2D eigenvalue weighted by Crippen LogP contribution is -2.17. The molecule has 0 aliphatic heterocycles. The van der Waals surface area contributed by atoms with Gasteiger partial charge in [-0.25, -0.2) is 0 Å². The van der Waals surface area contributed by atoms with Crippen LogP contribution in [0.3, 0.4) is 0 Å². The van der Waals surface area contributed by atoms with Crippen LogP contribution in [-0.4, -0.2) is 18.1 Å². The summed E-state index contributed by atoms with van der Waals surface area (Å²) in [7, 11) is -1.59. The van der Waals surface area contributed by atoms with Crippen molar-refractivity contribution < 1.29 is 10.0 Å². The van der Waals surface area contributed by atoms with Crippen molar-refractivity contribution >= 4 is 13.8 Å². The molecule has 0 amide bonds. The zero-order valence-corrected chi connectivity index (χ0v) is 11.1. The molecule has 1 aromatic rings. The Morgan fingerprint density at radius 2 is 1.94 bits per heavy atom. The minimum absolute atomic E-state index is 0.0927. The normalized spacial score (nSPS) is 12.5. The van der Waals surface area contributed by atoms with Crippen LogP contribution in [0.2, 0.25) is 19.6 Å². The van der Waals surface area contributed by atoms with Gasteiger partial charge in [0, 0.05) is 6.07 Å². The Hall–Kier alpha value is -1.64. The zero-order chi connectivity index (χ0) is 13.1. The monoisotopic (exact) mass is 249 g/mol. The van der Waals surface area contributed by atoms with Crippen molar-refractivity contribution in [2.24, 2.45) is 0 Å². The van der Waals surface area contributed by atoms with Gasteiger partial charge in [-0.2, -0.15) is 0 Å². The van der Waals surface area contributed by atoms with E-state index in [1.165, 1.54) is 12.1 Å². The third-order valence-corrected chi connectivity index (χ3v) is 2.91. The van der Waals surface area contributed by atoms with Crippen molar-refractivity contribution in [3.05, 3.63) is 39.9 Å². The Balaban J connectivity index is 3.07. The number of nitro benzene ring substituents is 1. The lowest BCUT2D eigenvalue weighted by molar-refractivity contribution is -0.386. The van der Waals surface area contributed by atoms with Gasteiger partial charge in [0.25, 0.3) is 5.69 Å². The van der Waals surface area contributed by atoms with Crippen molar-refractivity contribution in [2.45, 2.75) is 25.7 Å². The maximum Gasteiger partial charge on any atom is 0.276 e. The maximum absolute atomic E-state index is 10.8. The number of nitrogens with zero attached hydrogens (tertiary/aromatic N) is 1. The van der Waals surface area contributed by atoms with Crippen LogP contribution in [-0.2, 0) is 0 Å². The first kappa shape index (κ1) is 13.4. The van der Waals surface area contributed by atoms with E-state index in [4.69, 9.17) is 0 Å². The lowest BCUT2D eigenvalue weighted by Gasteiger charge is -2.07. The highest BCUT2D eigenvalue weighted by Gasteiger charge is 2.18. The highest BCUT2D eigenvalue weighted by Crippen LogP contribution is 2.24. The van der Waals surface area contributed by atoms with Crippen LogP contribution < -0.4 is 0 Å². The molecule has 17 heavy (non-hydrogen) atoms. The van der Waals surface area contributed by atoms with Gasteiger partial charge in [0.1, 0.15) is 14.2 Å². The van der Waals surface area contributed by atoms with Crippen molar-refractivity contribution in [1.82, 2.24) is 0 Å². The van der Waals surface area contributed by atoms with Crippen molar-refractivity contribution in [2.75, 3.05) is 0 Å². The molecular weight excluding hydrogens is 234 g/mol. The summed E-state index contributed by atoms with van der Waals surface area (Å²) in [6, 6.07) is 6.12. The number of aliphatic hydroxyl groups excluding tert-OH is 1. The molecule has 1 atom stereocenters. The number of hydrogen-bond donors (Lipinski definition) is 1. The highest BCUT2D eigenvalue weighted by atomic mass is 28.3. The number of benzene rings is 1. The van der Waals surface area contributed by atoms with Gasteiger partial charge < -0.3 is 5.11 Å². The standard InChI is InChI=1S/C12H15NO3Si/c1-17(2,3)9-8-12(14)10-6-4-5-7-11(10)13(15)16/h4-7,12,14H,1-3H3/t12-/m0/s1. The van der Waals surface area contributed by atoms with Gasteiger partial charge in [-0.05, 0) is 6.07 Å². The first-order valence-corrected chi connectivity index (χ1v) is 8.75. The van der Waals surface area contributed by atoms with Crippen LogP contribution in [0.25, 0.3) is 0 Å². The van der Waals surface area contributed by atoms with E-state index in [2.05, 4.69) is 11.5 Å². The summed E-state index contributed by atoms with van der Waals surface area (Å²) in [6.45, 7) is 6.14. The Bertz CT molecular complexity index is 483. The molecule has 0 spiro atoms. The fourth-order valence-electron chi connectivity index (χ4n) is 1.25. The van der Waals surface area contributed by atoms with Gasteiger partial charge in [0.2, 0.25) is 0 Å². The van der Waals surface area contributed by atoms with E-state index in [0.29, 0.717) is 0 Å². The Morgan fingerprint density at radius 3 is 2.47 bits per heavy atom. The molecule has 1 aromatic carbocycles. The summed E-state index contributed by atoms with van der Waals surface area (Å²) in [5.74, 6) is 2.70. The minimum atomic E-state index is -1.59. The molecule has 0 fully saturated rings. The molecule has 0 saturated carbocycles. The molecule has 1 N–H and O–H groups in total. The molecule has 0 aliphatic rings. The summed E-state index contributed by atoms with van der Waals surface area (Å²) < 4.78 is 0. The molecule has 4 nitrogen and oxygen atoms in total. The minimum Gasteiger partial charge on any atom is -0.376 e. The quantitative estimate of drug-likeness (QED) is 0.379. The van der Waals surface area contributed by atoms with Crippen LogP contribution in [0.15, 0.2) is 24.3 Å². The van der Waals surface area contributed by atoms with Gasteiger partial charge in [0.15, 0.2) is 0 Å². The Kier molecular flexibility index (Phi) is 4.05. The van der Waals surface area contributed by atoms with Gasteiger partial charge in [-0.1, -0.05) is 37.7 Å². The molecule has 0 saturated heterocycles. The van der Waals surface area contributed by atoms with Crippen LogP contribution in [0.1, 0.15) is 11.7 Å². The third kappa shape index (κ3) is 4.02. The van der Waals surface area contributed by atoms with Crippen molar-refractivity contribution in [1.29, 1.82) is 0 Å². The summed E-state index contributed by atoms with van der Waals surface area (Å²) in [5.41, 5.74) is 3.16. The predicted octanol–water partition coefficient (Wildman–Crippen LogP) is 2.51. The second-order valence-corrected chi connectivity index (χ2v) is 9.49. The molecule has 0 aromatic heterocycles. The SMILES string of the molecule is C[Si](C)(C)C#C[C@H](O)c1ccccc1[N+](=O)[O-]. The van der Waals surface area contributed by atoms with E-state index in [1.54, 1.807) is 12.1 Å². The van der Waals surface area contributed by atoms with Crippen LogP contribution in [0, 0.1) is 21.6 Å². The van der Waals surface area contributed by atoms with E-state index in [0.717, 1.165) is 0 Å². The number of para-hydroxylation sites is 1. The molecule has 1 rings (SSSR count). The summed E-state index contributed by atoms with van der Waals surface area (Å²) in [5, 5.41) is 20.6. The molecular formula is C12H15NO3Si. The van der Waals surface area contributed by atoms with Gasteiger partial charge in [-0.15, -0.1) is 5.54 Å². The lowest BCUT2D eigenvalue weighted by atomic mass is 10.1. The second kappa shape index (κ2) is 5.12. The van der Waals surface area contributed by atoms with E-state index < -0.39 is 19.1 Å². The fourth-order valence-corrected chi connectivity index (χ4v) is 1.82. The average molecular weight is 249 g/mol. The molecule has 0 unspecified atom stereocenters. The molecule has 5 heteroatoms. The largest absolute Gasteiger partial charge is 0.376 e. The Labute approximate surface area is 101 Å². The van der Waals surface area contributed by atoms with Crippen molar-refractivity contribution in [3.8, 4) is 11.5 Å². The highest BCUT2D eigenvalue weighted by molar-refractivity contribution is 6.83. The first-order valence-electron chi connectivity index (χ1n) is 5.25. The second-order valence-electron chi connectivity index (χ2n) is 4.74. The van der Waals surface area contributed by atoms with E-state index in [1.807, 2.05) is 19.6 Å². The topological polar surface area (TPSA) is 63.4 Å². The summed E-state index contributed by atoms with van der Waals surface area (Å²) in [6.07, 6.45) is -1.09.